The molecule has 0 aromatic heterocycles. The van der Waals surface area contributed by atoms with Crippen molar-refractivity contribution in [2.75, 3.05) is 47.4 Å². The van der Waals surface area contributed by atoms with E-state index < -0.39 is 0 Å². The number of methoxy groups -OCH3 is 2. The van der Waals surface area contributed by atoms with Crippen molar-refractivity contribution in [3.8, 4) is 0 Å². The second-order valence-electron chi connectivity index (χ2n) is 4.19. The topological polar surface area (TPSA) is 42.0 Å². The fourth-order valence-corrected chi connectivity index (χ4v) is 1.86. The average molecular weight is 230 g/mol. The molecule has 5 nitrogen and oxygen atoms in total. The Hall–Kier alpha value is -0.650. The number of amides is 1. The zero-order chi connectivity index (χ0) is 12.0. The predicted molar refractivity (Wildman–Crippen MR) is 61.1 cm³/mol. The molecular weight excluding hydrogens is 208 g/mol. The predicted octanol–water partition coefficient (Wildman–Crippen LogP) is 0.159. The Morgan fingerprint density at radius 3 is 2.38 bits per heavy atom. The number of rotatable bonds is 6. The molecule has 0 radical (unpaired) electrons. The number of nitrogens with zero attached hydrogens (tertiary/aromatic N) is 2. The van der Waals surface area contributed by atoms with Gasteiger partial charge in [-0.1, -0.05) is 0 Å². The van der Waals surface area contributed by atoms with Crippen LogP contribution in [0, 0.1) is 0 Å². The summed E-state index contributed by atoms with van der Waals surface area (Å²) in [6.07, 6.45) is 2.00. The van der Waals surface area contributed by atoms with Crippen LogP contribution in [0.5, 0.6) is 0 Å². The minimum atomic E-state index is -0.267. The molecule has 1 saturated heterocycles. The van der Waals surface area contributed by atoms with Crippen LogP contribution in [0.4, 0.5) is 0 Å². The first-order chi connectivity index (χ1) is 7.67. The van der Waals surface area contributed by atoms with Crippen LogP contribution in [0.1, 0.15) is 12.8 Å². The zero-order valence-electron chi connectivity index (χ0n) is 10.4. The highest BCUT2D eigenvalue weighted by atomic mass is 16.7. The lowest BCUT2D eigenvalue weighted by Crippen LogP contribution is -2.40. The Bertz CT molecular complexity index is 213. The van der Waals surface area contributed by atoms with Gasteiger partial charge < -0.3 is 14.4 Å². The monoisotopic (exact) mass is 230 g/mol. The normalized spacial score (nSPS) is 16.4. The van der Waals surface area contributed by atoms with Crippen molar-refractivity contribution in [1.82, 2.24) is 9.80 Å². The smallest absolute Gasteiger partial charge is 0.236 e. The summed E-state index contributed by atoms with van der Waals surface area (Å²) in [5.74, 6) is 0.200. The molecule has 1 aliphatic rings. The standard InChI is InChI=1S/C11H22N2O3/c1-12(9-11(15-2)16-3)8-10(14)13-6-4-5-7-13/h11H,4-9H2,1-3H3. The Morgan fingerprint density at radius 1 is 1.31 bits per heavy atom. The summed E-state index contributed by atoms with van der Waals surface area (Å²) in [5, 5.41) is 0. The van der Waals surface area contributed by atoms with Crippen LogP contribution in [0.15, 0.2) is 0 Å². The molecule has 0 N–H and O–H groups in total. The summed E-state index contributed by atoms with van der Waals surface area (Å²) in [5.41, 5.74) is 0. The lowest BCUT2D eigenvalue weighted by molar-refractivity contribution is -0.135. The zero-order valence-corrected chi connectivity index (χ0v) is 10.4. The molecule has 1 fully saturated rings. The first kappa shape index (κ1) is 13.4. The van der Waals surface area contributed by atoms with Crippen LogP contribution in [-0.4, -0.2) is 69.4 Å². The second-order valence-corrected chi connectivity index (χ2v) is 4.19. The molecular formula is C11H22N2O3. The maximum absolute atomic E-state index is 11.8. The van der Waals surface area contributed by atoms with Crippen LogP contribution in [-0.2, 0) is 14.3 Å². The van der Waals surface area contributed by atoms with E-state index in [1.165, 1.54) is 0 Å². The third kappa shape index (κ3) is 4.08. The SMILES string of the molecule is COC(CN(C)CC(=O)N1CCCC1)OC. The fourth-order valence-electron chi connectivity index (χ4n) is 1.86. The lowest BCUT2D eigenvalue weighted by atomic mass is 10.4. The Morgan fingerprint density at radius 2 is 1.88 bits per heavy atom. The number of hydrogen-bond donors (Lipinski definition) is 0. The van der Waals surface area contributed by atoms with E-state index in [1.54, 1.807) is 14.2 Å². The van der Waals surface area contributed by atoms with Gasteiger partial charge in [-0.25, -0.2) is 0 Å². The van der Waals surface area contributed by atoms with Crippen LogP contribution in [0.2, 0.25) is 0 Å². The summed E-state index contributed by atoms with van der Waals surface area (Å²) in [6.45, 7) is 2.85. The molecule has 0 spiro atoms. The molecule has 0 saturated carbocycles. The maximum atomic E-state index is 11.8. The number of ether oxygens (including phenoxy) is 2. The number of likely N-dealkylation sites (N-methyl/N-ethyl adjacent to an activating group) is 1. The number of likely N-dealkylation sites (tertiary alicyclic amines) is 1. The highest BCUT2D eigenvalue weighted by Gasteiger charge is 2.20. The van der Waals surface area contributed by atoms with Crippen molar-refractivity contribution < 1.29 is 14.3 Å². The van der Waals surface area contributed by atoms with Crippen LogP contribution in [0.3, 0.4) is 0 Å². The first-order valence-corrected chi connectivity index (χ1v) is 5.69. The molecule has 1 aliphatic heterocycles. The number of carbonyl (C=O) groups is 1. The highest BCUT2D eigenvalue weighted by molar-refractivity contribution is 5.78. The molecule has 1 heterocycles. The third-order valence-corrected chi connectivity index (χ3v) is 2.85. The minimum Gasteiger partial charge on any atom is -0.355 e. The van der Waals surface area contributed by atoms with Crippen molar-refractivity contribution in [2.24, 2.45) is 0 Å². The van der Waals surface area contributed by atoms with Gasteiger partial charge in [0.05, 0.1) is 6.54 Å². The molecule has 1 amide bonds. The second kappa shape index (κ2) is 6.83. The highest BCUT2D eigenvalue weighted by Crippen LogP contribution is 2.07. The van der Waals surface area contributed by atoms with Gasteiger partial charge in [-0.3, -0.25) is 9.69 Å². The van der Waals surface area contributed by atoms with Crippen molar-refractivity contribution in [3.05, 3.63) is 0 Å². The molecule has 94 valence electrons. The summed E-state index contributed by atoms with van der Waals surface area (Å²) in [6, 6.07) is 0. The van der Waals surface area contributed by atoms with Gasteiger partial charge in [-0.05, 0) is 19.9 Å². The van der Waals surface area contributed by atoms with E-state index in [1.807, 2.05) is 16.8 Å². The van der Waals surface area contributed by atoms with E-state index in [0.717, 1.165) is 25.9 Å². The summed E-state index contributed by atoms with van der Waals surface area (Å²) in [4.78, 5) is 15.7. The largest absolute Gasteiger partial charge is 0.355 e. The molecule has 0 atom stereocenters. The van der Waals surface area contributed by atoms with E-state index >= 15 is 0 Å². The van der Waals surface area contributed by atoms with Gasteiger partial charge in [-0.15, -0.1) is 0 Å². The number of carbonyl (C=O) groups excluding carboxylic acids is 1. The fraction of sp³-hybridized carbons (Fsp3) is 0.909. The van der Waals surface area contributed by atoms with Crippen LogP contribution >= 0.6 is 0 Å². The van der Waals surface area contributed by atoms with Crippen LogP contribution < -0.4 is 0 Å². The third-order valence-electron chi connectivity index (χ3n) is 2.85. The summed E-state index contributed by atoms with van der Waals surface area (Å²) < 4.78 is 10.2. The molecule has 0 aromatic carbocycles. The van der Waals surface area contributed by atoms with E-state index in [0.29, 0.717) is 13.1 Å². The summed E-state index contributed by atoms with van der Waals surface area (Å²) >= 11 is 0. The van der Waals surface area contributed by atoms with Crippen molar-refractivity contribution in [2.45, 2.75) is 19.1 Å². The van der Waals surface area contributed by atoms with Gasteiger partial charge in [0, 0.05) is 33.9 Å². The molecule has 5 heteroatoms. The maximum Gasteiger partial charge on any atom is 0.236 e. The Balaban J connectivity index is 2.26. The molecule has 1 rings (SSSR count). The van der Waals surface area contributed by atoms with Gasteiger partial charge in [0.25, 0.3) is 0 Å². The van der Waals surface area contributed by atoms with Gasteiger partial charge in [0.1, 0.15) is 0 Å². The van der Waals surface area contributed by atoms with Crippen molar-refractivity contribution in [3.63, 3.8) is 0 Å². The first-order valence-electron chi connectivity index (χ1n) is 5.69. The van der Waals surface area contributed by atoms with Gasteiger partial charge >= 0.3 is 0 Å². The van der Waals surface area contributed by atoms with Gasteiger partial charge in [-0.2, -0.15) is 0 Å². The van der Waals surface area contributed by atoms with E-state index in [4.69, 9.17) is 9.47 Å². The van der Waals surface area contributed by atoms with Crippen LogP contribution in [0.25, 0.3) is 0 Å². The van der Waals surface area contributed by atoms with Gasteiger partial charge in [0.15, 0.2) is 6.29 Å². The molecule has 0 aliphatic carbocycles. The average Bonchev–Trinajstić information content (AvgIpc) is 2.79. The minimum absolute atomic E-state index is 0.200. The lowest BCUT2D eigenvalue weighted by Gasteiger charge is -2.24. The summed E-state index contributed by atoms with van der Waals surface area (Å²) in [7, 11) is 5.10. The number of hydrogen-bond acceptors (Lipinski definition) is 4. The Labute approximate surface area is 97.3 Å². The van der Waals surface area contributed by atoms with Crippen molar-refractivity contribution in [1.29, 1.82) is 0 Å². The van der Waals surface area contributed by atoms with Crippen molar-refractivity contribution >= 4 is 5.91 Å². The van der Waals surface area contributed by atoms with E-state index in [2.05, 4.69) is 0 Å². The van der Waals surface area contributed by atoms with E-state index in [9.17, 15) is 4.79 Å². The van der Waals surface area contributed by atoms with E-state index in [-0.39, 0.29) is 12.2 Å². The molecule has 0 bridgehead atoms. The molecule has 0 unspecified atom stereocenters. The van der Waals surface area contributed by atoms with Gasteiger partial charge in [0.2, 0.25) is 5.91 Å². The Kier molecular flexibility index (Phi) is 5.73. The quantitative estimate of drug-likeness (QED) is 0.610. The molecule has 16 heavy (non-hydrogen) atoms. The molecule has 0 aromatic rings.